The summed E-state index contributed by atoms with van der Waals surface area (Å²) in [7, 11) is 1.65. The van der Waals surface area contributed by atoms with Gasteiger partial charge in [0.25, 0.3) is 0 Å². The van der Waals surface area contributed by atoms with Gasteiger partial charge in [-0.1, -0.05) is 33.8 Å². The maximum Gasteiger partial charge on any atom is 0.249 e. The second kappa shape index (κ2) is 7.59. The van der Waals surface area contributed by atoms with Crippen LogP contribution in [0.25, 0.3) is 11.1 Å². The number of amides is 1. The summed E-state index contributed by atoms with van der Waals surface area (Å²) in [5, 5.41) is 6.06. The van der Waals surface area contributed by atoms with Gasteiger partial charge in [0.15, 0.2) is 5.11 Å². The number of carbonyl (C=O) groups excluding carboxylic acids is 1. The molecule has 1 atom stereocenters. The SMILES string of the molecule is COc1ncc(CC2NC(=S)NC2=O)cc1-c1cc2c(cc1C)C(C)(C)CCC2(C)C. The van der Waals surface area contributed by atoms with E-state index in [0.29, 0.717) is 17.4 Å². The Morgan fingerprint density at radius 2 is 1.74 bits per heavy atom. The number of thiocarbonyl (C=S) groups is 1. The standard InChI is InChI=1S/C25H31N3O2S/c1-14-9-18-19(25(4,5)8-7-24(18,2)3)12-16(14)17-10-15(13-26-22(17)30-6)11-20-21(29)28-23(31)27-20/h9-10,12-13,20H,7-8,11H2,1-6H3,(H2,27,28,29,31). The minimum absolute atomic E-state index is 0.101. The highest BCUT2D eigenvalue weighted by atomic mass is 32.1. The van der Waals surface area contributed by atoms with Gasteiger partial charge < -0.3 is 15.4 Å². The third-order valence-electron chi connectivity index (χ3n) is 6.89. The summed E-state index contributed by atoms with van der Waals surface area (Å²) >= 11 is 5.07. The van der Waals surface area contributed by atoms with Crippen LogP contribution in [-0.2, 0) is 22.0 Å². The van der Waals surface area contributed by atoms with Crippen LogP contribution in [0.4, 0.5) is 0 Å². The Bertz CT molecular complexity index is 1070. The molecule has 1 fully saturated rings. The Labute approximate surface area is 190 Å². The van der Waals surface area contributed by atoms with Crippen LogP contribution in [0.15, 0.2) is 24.4 Å². The predicted molar refractivity (Wildman–Crippen MR) is 128 cm³/mol. The fourth-order valence-electron chi connectivity index (χ4n) is 4.81. The number of methoxy groups -OCH3 is 1. The molecule has 1 amide bonds. The molecule has 0 saturated carbocycles. The largest absolute Gasteiger partial charge is 0.481 e. The van der Waals surface area contributed by atoms with E-state index in [4.69, 9.17) is 17.0 Å². The van der Waals surface area contributed by atoms with Crippen molar-refractivity contribution >= 4 is 23.2 Å². The van der Waals surface area contributed by atoms with Crippen LogP contribution in [0.5, 0.6) is 5.88 Å². The van der Waals surface area contributed by atoms with Crippen molar-refractivity contribution in [3.8, 4) is 17.0 Å². The highest BCUT2D eigenvalue weighted by Crippen LogP contribution is 2.48. The number of ether oxygens (including phenoxy) is 1. The number of hydrogen-bond acceptors (Lipinski definition) is 4. The molecule has 5 nitrogen and oxygen atoms in total. The number of rotatable bonds is 4. The summed E-state index contributed by atoms with van der Waals surface area (Å²) in [5.41, 5.74) is 7.39. The van der Waals surface area contributed by atoms with Crippen LogP contribution in [0.3, 0.4) is 0 Å². The molecule has 164 valence electrons. The fourth-order valence-corrected chi connectivity index (χ4v) is 5.06. The van der Waals surface area contributed by atoms with Gasteiger partial charge in [-0.15, -0.1) is 0 Å². The minimum atomic E-state index is -0.375. The van der Waals surface area contributed by atoms with E-state index in [2.05, 4.69) is 68.4 Å². The van der Waals surface area contributed by atoms with Gasteiger partial charge in [0, 0.05) is 18.2 Å². The van der Waals surface area contributed by atoms with Crippen molar-refractivity contribution in [2.24, 2.45) is 0 Å². The van der Waals surface area contributed by atoms with Crippen LogP contribution < -0.4 is 15.4 Å². The van der Waals surface area contributed by atoms with Gasteiger partial charge in [0.1, 0.15) is 6.04 Å². The van der Waals surface area contributed by atoms with Gasteiger partial charge in [0.05, 0.1) is 7.11 Å². The Balaban J connectivity index is 1.80. The molecule has 1 unspecified atom stereocenters. The first-order chi connectivity index (χ1) is 14.5. The highest BCUT2D eigenvalue weighted by Gasteiger charge is 2.37. The summed E-state index contributed by atoms with van der Waals surface area (Å²) in [6.07, 6.45) is 4.63. The number of nitrogens with zero attached hydrogens (tertiary/aromatic N) is 1. The van der Waals surface area contributed by atoms with Crippen molar-refractivity contribution in [1.82, 2.24) is 15.6 Å². The summed E-state index contributed by atoms with van der Waals surface area (Å²) in [6, 6.07) is 6.41. The number of nitrogens with one attached hydrogen (secondary N) is 2. The molecule has 2 N–H and O–H groups in total. The lowest BCUT2D eigenvalue weighted by molar-refractivity contribution is -0.120. The third kappa shape index (κ3) is 3.93. The molecule has 4 rings (SSSR count). The predicted octanol–water partition coefficient (Wildman–Crippen LogP) is 4.33. The number of aryl methyl sites for hydroxylation is 1. The Morgan fingerprint density at radius 1 is 1.10 bits per heavy atom. The lowest BCUT2D eigenvalue weighted by atomic mass is 9.62. The van der Waals surface area contributed by atoms with Crippen LogP contribution >= 0.6 is 12.2 Å². The average molecular weight is 438 g/mol. The van der Waals surface area contributed by atoms with Gasteiger partial charge in [-0.05, 0) is 82.8 Å². The van der Waals surface area contributed by atoms with E-state index in [0.717, 1.165) is 23.1 Å². The molecule has 2 aromatic rings. The summed E-state index contributed by atoms with van der Waals surface area (Å²) in [4.78, 5) is 16.7. The molecule has 1 aromatic carbocycles. The lowest BCUT2D eigenvalue weighted by Crippen LogP contribution is -2.34. The summed E-state index contributed by atoms with van der Waals surface area (Å²) in [6.45, 7) is 11.5. The van der Waals surface area contributed by atoms with Gasteiger partial charge in [-0.25, -0.2) is 4.98 Å². The van der Waals surface area contributed by atoms with Crippen LogP contribution in [0.2, 0.25) is 0 Å². The van der Waals surface area contributed by atoms with Crippen LogP contribution in [0.1, 0.15) is 62.8 Å². The van der Waals surface area contributed by atoms with E-state index in [-0.39, 0.29) is 22.8 Å². The zero-order valence-corrected chi connectivity index (χ0v) is 20.0. The molecule has 2 heterocycles. The van der Waals surface area contributed by atoms with Crippen LogP contribution in [-0.4, -0.2) is 29.2 Å². The second-order valence-electron chi connectivity index (χ2n) is 10.1. The van der Waals surface area contributed by atoms with Gasteiger partial charge in [0.2, 0.25) is 11.8 Å². The smallest absolute Gasteiger partial charge is 0.249 e. The second-order valence-corrected chi connectivity index (χ2v) is 10.5. The maximum absolute atomic E-state index is 12.1. The van der Waals surface area contributed by atoms with Gasteiger partial charge in [-0.2, -0.15) is 0 Å². The quantitative estimate of drug-likeness (QED) is 0.697. The Morgan fingerprint density at radius 3 is 2.32 bits per heavy atom. The number of carbonyl (C=O) groups is 1. The zero-order valence-electron chi connectivity index (χ0n) is 19.2. The van der Waals surface area contributed by atoms with E-state index in [9.17, 15) is 4.79 Å². The molecule has 1 aromatic heterocycles. The molecule has 2 aliphatic rings. The van der Waals surface area contributed by atoms with Gasteiger partial charge >= 0.3 is 0 Å². The first-order valence-corrected chi connectivity index (χ1v) is 11.2. The lowest BCUT2D eigenvalue weighted by Gasteiger charge is -2.42. The van der Waals surface area contributed by atoms with Crippen molar-refractivity contribution in [1.29, 1.82) is 0 Å². The molecule has 6 heteroatoms. The third-order valence-corrected chi connectivity index (χ3v) is 7.11. The van der Waals surface area contributed by atoms with Crippen LogP contribution in [0, 0.1) is 6.92 Å². The van der Waals surface area contributed by atoms with Crippen molar-refractivity contribution in [3.63, 3.8) is 0 Å². The maximum atomic E-state index is 12.1. The fraction of sp³-hybridized carbons (Fsp3) is 0.480. The Hall–Kier alpha value is -2.47. The summed E-state index contributed by atoms with van der Waals surface area (Å²) in [5.74, 6) is 0.496. The molecule has 1 saturated heterocycles. The first kappa shape index (κ1) is 21.8. The van der Waals surface area contributed by atoms with E-state index >= 15 is 0 Å². The van der Waals surface area contributed by atoms with Crippen molar-refractivity contribution in [2.75, 3.05) is 7.11 Å². The normalized spacial score (nSPS) is 21.3. The number of hydrogen-bond donors (Lipinski definition) is 2. The van der Waals surface area contributed by atoms with Gasteiger partial charge in [-0.3, -0.25) is 4.79 Å². The van der Waals surface area contributed by atoms with E-state index in [1.54, 1.807) is 13.3 Å². The topological polar surface area (TPSA) is 63.2 Å². The van der Waals surface area contributed by atoms with Crippen molar-refractivity contribution in [2.45, 2.75) is 70.8 Å². The highest BCUT2D eigenvalue weighted by molar-refractivity contribution is 7.80. The number of fused-ring (bicyclic) bond motifs is 1. The number of aromatic nitrogens is 1. The number of benzene rings is 1. The van der Waals surface area contributed by atoms with E-state index < -0.39 is 0 Å². The molecule has 0 bridgehead atoms. The number of pyridine rings is 1. The van der Waals surface area contributed by atoms with Crippen molar-refractivity contribution in [3.05, 3.63) is 46.6 Å². The van der Waals surface area contributed by atoms with E-state index in [1.165, 1.54) is 23.1 Å². The molecular weight excluding hydrogens is 406 g/mol. The zero-order chi connectivity index (χ0) is 22.6. The molecular formula is C25H31N3O2S. The van der Waals surface area contributed by atoms with Crippen molar-refractivity contribution < 1.29 is 9.53 Å². The molecule has 1 aliphatic carbocycles. The Kier molecular flexibility index (Phi) is 5.32. The molecule has 31 heavy (non-hydrogen) atoms. The minimum Gasteiger partial charge on any atom is -0.481 e. The van der Waals surface area contributed by atoms with E-state index in [1.807, 2.05) is 0 Å². The summed E-state index contributed by atoms with van der Waals surface area (Å²) < 4.78 is 5.63. The average Bonchev–Trinajstić information content (AvgIpc) is 3.02. The first-order valence-electron chi connectivity index (χ1n) is 10.8. The molecule has 1 aliphatic heterocycles. The molecule has 0 radical (unpaired) electrons. The molecule has 0 spiro atoms. The monoisotopic (exact) mass is 437 g/mol.